The summed E-state index contributed by atoms with van der Waals surface area (Å²) in [4.78, 5) is 33.5. The number of aldehydes is 1. The summed E-state index contributed by atoms with van der Waals surface area (Å²) in [6.07, 6.45) is 0.383. The number of rotatable bonds is 4. The second-order valence-electron chi connectivity index (χ2n) is 4.53. The van der Waals surface area contributed by atoms with Crippen LogP contribution in [-0.2, 0) is 0 Å². The van der Waals surface area contributed by atoms with E-state index >= 15 is 0 Å². The van der Waals surface area contributed by atoms with E-state index in [9.17, 15) is 14.4 Å². The Kier molecular flexibility index (Phi) is 6.72. The minimum absolute atomic E-state index is 0.0418. The molecule has 0 aliphatic carbocycles. The number of benzene rings is 1. The molecule has 1 aromatic carbocycles. The standard InChI is InChI=1S/C9H13N.C7H5NO4/c1-8(10-2)9-6-4-3-5-7-9;9-3-4-1-5(10)2-6(8-4)7(11)12/h3-8,10H,1-2H3;1-3H,(H,8,10)(H,11,12)/t8-;/m1./s1. The van der Waals surface area contributed by atoms with Crippen LogP contribution in [0.15, 0.2) is 47.3 Å². The molecule has 0 aliphatic heterocycles. The van der Waals surface area contributed by atoms with Crippen molar-refractivity contribution >= 4 is 12.3 Å². The minimum atomic E-state index is -1.27. The normalized spacial score (nSPS) is 11.0. The van der Waals surface area contributed by atoms with Gasteiger partial charge in [-0.2, -0.15) is 0 Å². The summed E-state index contributed by atoms with van der Waals surface area (Å²) >= 11 is 0. The minimum Gasteiger partial charge on any atom is -0.477 e. The second kappa shape index (κ2) is 8.53. The number of hydrogen-bond acceptors (Lipinski definition) is 4. The van der Waals surface area contributed by atoms with Crippen molar-refractivity contribution in [2.24, 2.45) is 0 Å². The topological polar surface area (TPSA) is 99.3 Å². The zero-order valence-corrected chi connectivity index (χ0v) is 12.4. The van der Waals surface area contributed by atoms with E-state index in [0.29, 0.717) is 12.3 Å². The molecule has 0 saturated heterocycles. The molecule has 1 aromatic heterocycles. The number of H-pyrrole nitrogens is 1. The lowest BCUT2D eigenvalue weighted by Gasteiger charge is -2.08. The molecule has 0 aliphatic rings. The number of carbonyl (C=O) groups excluding carboxylic acids is 1. The number of hydrogen-bond donors (Lipinski definition) is 3. The van der Waals surface area contributed by atoms with Crippen molar-refractivity contribution in [1.82, 2.24) is 10.3 Å². The Morgan fingerprint density at radius 2 is 1.91 bits per heavy atom. The molecule has 0 unspecified atom stereocenters. The van der Waals surface area contributed by atoms with E-state index in [0.717, 1.165) is 12.1 Å². The van der Waals surface area contributed by atoms with Crippen LogP contribution in [0.25, 0.3) is 0 Å². The lowest BCUT2D eigenvalue weighted by molar-refractivity contribution is 0.0690. The molecule has 1 heterocycles. The molecule has 116 valence electrons. The van der Waals surface area contributed by atoms with Gasteiger partial charge in [-0.15, -0.1) is 0 Å². The summed E-state index contributed by atoms with van der Waals surface area (Å²) < 4.78 is 0. The van der Waals surface area contributed by atoms with E-state index in [-0.39, 0.29) is 11.4 Å². The number of carbonyl (C=O) groups is 2. The van der Waals surface area contributed by atoms with Crippen molar-refractivity contribution in [1.29, 1.82) is 0 Å². The van der Waals surface area contributed by atoms with Gasteiger partial charge in [-0.1, -0.05) is 30.3 Å². The fourth-order valence-electron chi connectivity index (χ4n) is 1.65. The molecule has 22 heavy (non-hydrogen) atoms. The molecule has 3 N–H and O–H groups in total. The quantitative estimate of drug-likeness (QED) is 0.749. The zero-order valence-electron chi connectivity index (χ0n) is 12.4. The number of carboxylic acids is 1. The van der Waals surface area contributed by atoms with Crippen LogP contribution in [0, 0.1) is 0 Å². The average molecular weight is 302 g/mol. The van der Waals surface area contributed by atoms with Gasteiger partial charge in [0.2, 0.25) is 0 Å². The highest BCUT2D eigenvalue weighted by atomic mass is 16.4. The zero-order chi connectivity index (χ0) is 16.5. The lowest BCUT2D eigenvalue weighted by atomic mass is 10.1. The summed E-state index contributed by atoms with van der Waals surface area (Å²) in [5.74, 6) is -1.27. The monoisotopic (exact) mass is 302 g/mol. The van der Waals surface area contributed by atoms with Crippen molar-refractivity contribution in [3.63, 3.8) is 0 Å². The van der Waals surface area contributed by atoms with E-state index in [4.69, 9.17) is 5.11 Å². The third kappa shape index (κ3) is 5.34. The highest BCUT2D eigenvalue weighted by Gasteiger charge is 2.04. The van der Waals surface area contributed by atoms with Crippen LogP contribution in [0.3, 0.4) is 0 Å². The Morgan fingerprint density at radius 1 is 1.27 bits per heavy atom. The maximum Gasteiger partial charge on any atom is 0.352 e. The molecule has 2 aromatic rings. The number of nitrogens with one attached hydrogen (secondary N) is 2. The molecule has 6 heteroatoms. The van der Waals surface area contributed by atoms with Crippen LogP contribution < -0.4 is 10.7 Å². The first-order chi connectivity index (χ1) is 10.5. The first-order valence-electron chi connectivity index (χ1n) is 6.63. The largest absolute Gasteiger partial charge is 0.477 e. The van der Waals surface area contributed by atoms with Gasteiger partial charge in [0.15, 0.2) is 11.7 Å². The first-order valence-corrected chi connectivity index (χ1v) is 6.63. The van der Waals surface area contributed by atoms with Crippen LogP contribution in [0.4, 0.5) is 0 Å². The molecule has 2 rings (SSSR count). The number of aromatic carboxylic acids is 1. The van der Waals surface area contributed by atoms with E-state index < -0.39 is 11.4 Å². The molecule has 0 bridgehead atoms. The maximum atomic E-state index is 10.7. The van der Waals surface area contributed by atoms with Crippen LogP contribution in [0.2, 0.25) is 0 Å². The molecule has 6 nitrogen and oxygen atoms in total. The van der Waals surface area contributed by atoms with E-state index in [1.165, 1.54) is 5.56 Å². The molecule has 0 amide bonds. The number of aromatic nitrogens is 1. The van der Waals surface area contributed by atoms with Crippen LogP contribution in [-0.4, -0.2) is 29.4 Å². The van der Waals surface area contributed by atoms with Gasteiger partial charge < -0.3 is 15.4 Å². The SMILES string of the molecule is CN[C@H](C)c1ccccc1.O=Cc1cc(=O)cc(C(=O)O)[nH]1. The van der Waals surface area contributed by atoms with Crippen molar-refractivity contribution in [3.8, 4) is 0 Å². The molecular weight excluding hydrogens is 284 g/mol. The number of aromatic amines is 1. The Morgan fingerprint density at radius 3 is 2.41 bits per heavy atom. The molecule has 1 atom stereocenters. The average Bonchev–Trinajstić information content (AvgIpc) is 2.54. The Hall–Kier alpha value is -2.73. The van der Waals surface area contributed by atoms with Gasteiger partial charge in [0.1, 0.15) is 5.69 Å². The van der Waals surface area contributed by atoms with Gasteiger partial charge in [0.05, 0.1) is 5.69 Å². The Labute approximate surface area is 127 Å². The smallest absolute Gasteiger partial charge is 0.352 e. The van der Waals surface area contributed by atoms with Gasteiger partial charge in [-0.3, -0.25) is 9.59 Å². The molecular formula is C16H18N2O4. The summed E-state index contributed by atoms with van der Waals surface area (Å²) in [5.41, 5.74) is 0.503. The van der Waals surface area contributed by atoms with Crippen LogP contribution in [0.5, 0.6) is 0 Å². The Bertz CT molecular complexity index is 680. The van der Waals surface area contributed by atoms with Crippen LogP contribution >= 0.6 is 0 Å². The highest BCUT2D eigenvalue weighted by molar-refractivity contribution is 5.86. The van der Waals surface area contributed by atoms with E-state index in [2.05, 4.69) is 41.5 Å². The highest BCUT2D eigenvalue weighted by Crippen LogP contribution is 2.09. The van der Waals surface area contributed by atoms with Crippen molar-refractivity contribution in [2.45, 2.75) is 13.0 Å². The summed E-state index contributed by atoms with van der Waals surface area (Å²) in [6, 6.07) is 12.8. The molecule has 0 spiro atoms. The maximum absolute atomic E-state index is 10.7. The van der Waals surface area contributed by atoms with E-state index in [1.54, 1.807) is 0 Å². The van der Waals surface area contributed by atoms with Gasteiger partial charge in [-0.25, -0.2) is 4.79 Å². The van der Waals surface area contributed by atoms with Gasteiger partial charge in [0, 0.05) is 18.2 Å². The predicted octanol–water partition coefficient (Wildman–Crippen LogP) is 1.85. The molecule has 0 radical (unpaired) electrons. The fourth-order valence-corrected chi connectivity index (χ4v) is 1.65. The summed E-state index contributed by atoms with van der Waals surface area (Å²) in [7, 11) is 1.97. The van der Waals surface area contributed by atoms with Gasteiger partial charge in [0.25, 0.3) is 0 Å². The number of pyridine rings is 1. The fraction of sp³-hybridized carbons (Fsp3) is 0.188. The van der Waals surface area contributed by atoms with Crippen molar-refractivity contribution in [3.05, 3.63) is 69.6 Å². The summed E-state index contributed by atoms with van der Waals surface area (Å²) in [6.45, 7) is 2.15. The molecule has 0 saturated carbocycles. The van der Waals surface area contributed by atoms with Crippen molar-refractivity contribution < 1.29 is 14.7 Å². The summed E-state index contributed by atoms with van der Waals surface area (Å²) in [5, 5.41) is 11.6. The van der Waals surface area contributed by atoms with Crippen LogP contribution in [0.1, 0.15) is 39.5 Å². The van der Waals surface area contributed by atoms with Crippen molar-refractivity contribution in [2.75, 3.05) is 7.05 Å². The molecule has 0 fully saturated rings. The lowest BCUT2D eigenvalue weighted by Crippen LogP contribution is -2.11. The second-order valence-corrected chi connectivity index (χ2v) is 4.53. The van der Waals surface area contributed by atoms with Gasteiger partial charge in [-0.05, 0) is 19.5 Å². The van der Waals surface area contributed by atoms with Gasteiger partial charge >= 0.3 is 5.97 Å². The first kappa shape index (κ1) is 17.3. The van der Waals surface area contributed by atoms with E-state index in [1.807, 2.05) is 13.1 Å². The third-order valence-corrected chi connectivity index (χ3v) is 2.95. The predicted molar refractivity (Wildman–Crippen MR) is 83.3 cm³/mol. The Balaban J connectivity index is 0.000000224. The third-order valence-electron chi connectivity index (χ3n) is 2.95. The number of carboxylic acid groups (broad SMARTS) is 1.